The van der Waals surface area contributed by atoms with E-state index in [0.29, 0.717) is 10.0 Å². The summed E-state index contributed by atoms with van der Waals surface area (Å²) in [5.74, 6) is 0.218. The van der Waals surface area contributed by atoms with Crippen molar-refractivity contribution in [1.29, 1.82) is 0 Å². The van der Waals surface area contributed by atoms with Gasteiger partial charge in [-0.2, -0.15) is 5.10 Å². The van der Waals surface area contributed by atoms with Crippen LogP contribution in [-0.2, 0) is 0 Å². The highest BCUT2D eigenvalue weighted by molar-refractivity contribution is 7.14. The van der Waals surface area contributed by atoms with Gasteiger partial charge in [-0.25, -0.2) is 9.99 Å². The van der Waals surface area contributed by atoms with Gasteiger partial charge in [-0.15, -0.1) is 11.3 Å². The predicted octanol–water partition coefficient (Wildman–Crippen LogP) is 8.83. The summed E-state index contributed by atoms with van der Waals surface area (Å²) in [4.78, 5) is 15.6. The van der Waals surface area contributed by atoms with E-state index in [-0.39, 0.29) is 17.6 Å². The van der Waals surface area contributed by atoms with Crippen LogP contribution in [0.4, 0.5) is 10.8 Å². The zero-order chi connectivity index (χ0) is 26.2. The maximum Gasteiger partial charge on any atom is 0.269 e. The van der Waals surface area contributed by atoms with E-state index in [4.69, 9.17) is 33.3 Å². The normalized spacial score (nSPS) is 19.9. The molecule has 0 N–H and O–H groups in total. The van der Waals surface area contributed by atoms with Crippen LogP contribution in [0.25, 0.3) is 17.3 Å². The van der Waals surface area contributed by atoms with Crippen LogP contribution in [0, 0.1) is 16.0 Å². The number of non-ortho nitro benzene ring substituents is 1. The fourth-order valence-electron chi connectivity index (χ4n) is 5.17. The molecule has 6 rings (SSSR count). The third kappa shape index (κ3) is 4.85. The third-order valence-corrected chi connectivity index (χ3v) is 8.32. The van der Waals surface area contributed by atoms with Crippen molar-refractivity contribution in [2.24, 2.45) is 11.0 Å². The SMILES string of the molecule is O=[N+]([O-])c1ccc(-c2csc(N3N=C4C(=Cc5ccc(Cl)cc5)CCCC4C3c3ccc(Cl)cc3)n2)cc1. The zero-order valence-corrected chi connectivity index (χ0v) is 22.5. The van der Waals surface area contributed by atoms with Crippen molar-refractivity contribution < 1.29 is 4.92 Å². The minimum Gasteiger partial charge on any atom is -0.258 e. The Morgan fingerprint density at radius 2 is 1.66 bits per heavy atom. The number of halogens is 2. The van der Waals surface area contributed by atoms with Crippen molar-refractivity contribution in [3.8, 4) is 11.3 Å². The first kappa shape index (κ1) is 24.8. The smallest absolute Gasteiger partial charge is 0.258 e. The second-order valence-electron chi connectivity index (χ2n) is 9.37. The van der Waals surface area contributed by atoms with Gasteiger partial charge in [0.15, 0.2) is 0 Å². The summed E-state index contributed by atoms with van der Waals surface area (Å²) in [6, 6.07) is 22.3. The molecule has 4 aromatic rings. The predicted molar refractivity (Wildman–Crippen MR) is 155 cm³/mol. The molecule has 190 valence electrons. The molecule has 0 amide bonds. The van der Waals surface area contributed by atoms with Gasteiger partial charge >= 0.3 is 0 Å². The minimum absolute atomic E-state index is 0.00737. The highest BCUT2D eigenvalue weighted by atomic mass is 35.5. The first-order valence-corrected chi connectivity index (χ1v) is 13.9. The second kappa shape index (κ2) is 10.3. The summed E-state index contributed by atoms with van der Waals surface area (Å²) in [6.07, 6.45) is 5.28. The maximum atomic E-state index is 11.1. The van der Waals surface area contributed by atoms with Gasteiger partial charge in [0, 0.05) is 39.0 Å². The maximum absolute atomic E-state index is 11.1. The Bertz CT molecular complexity index is 1550. The number of aromatic nitrogens is 1. The third-order valence-electron chi connectivity index (χ3n) is 6.99. The quantitative estimate of drug-likeness (QED) is 0.180. The Labute approximate surface area is 234 Å². The van der Waals surface area contributed by atoms with E-state index in [9.17, 15) is 10.1 Å². The summed E-state index contributed by atoms with van der Waals surface area (Å²) in [5, 5.41) is 22.4. The molecule has 1 fully saturated rings. The number of nitro benzene ring substituents is 1. The molecule has 0 bridgehead atoms. The van der Waals surface area contributed by atoms with E-state index in [1.807, 2.05) is 46.8 Å². The van der Waals surface area contributed by atoms with Crippen molar-refractivity contribution in [2.45, 2.75) is 25.3 Å². The van der Waals surface area contributed by atoms with Crippen molar-refractivity contribution in [2.75, 3.05) is 5.01 Å². The number of anilines is 1. The lowest BCUT2D eigenvalue weighted by atomic mass is 9.77. The zero-order valence-electron chi connectivity index (χ0n) is 20.1. The van der Waals surface area contributed by atoms with Gasteiger partial charge in [-0.3, -0.25) is 10.1 Å². The molecular formula is C29H22Cl2N4O2S. The van der Waals surface area contributed by atoms with Gasteiger partial charge in [0.1, 0.15) is 0 Å². The molecule has 38 heavy (non-hydrogen) atoms. The van der Waals surface area contributed by atoms with Crippen LogP contribution in [0.2, 0.25) is 10.0 Å². The van der Waals surface area contributed by atoms with E-state index >= 15 is 0 Å². The summed E-state index contributed by atoms with van der Waals surface area (Å²) in [7, 11) is 0. The number of allylic oxidation sites excluding steroid dienone is 1. The Kier molecular flexibility index (Phi) is 6.74. The largest absolute Gasteiger partial charge is 0.269 e. The van der Waals surface area contributed by atoms with Gasteiger partial charge in [0.25, 0.3) is 5.69 Å². The molecule has 1 aromatic heterocycles. The molecule has 2 aliphatic rings. The van der Waals surface area contributed by atoms with Crippen LogP contribution in [0.1, 0.15) is 36.4 Å². The number of rotatable bonds is 5. The van der Waals surface area contributed by atoms with Crippen LogP contribution in [-0.4, -0.2) is 15.6 Å². The first-order chi connectivity index (χ1) is 18.5. The second-order valence-corrected chi connectivity index (χ2v) is 11.1. The van der Waals surface area contributed by atoms with Gasteiger partial charge in [-0.05, 0) is 78.4 Å². The monoisotopic (exact) mass is 560 g/mol. The molecule has 9 heteroatoms. The van der Waals surface area contributed by atoms with Gasteiger partial charge < -0.3 is 0 Å². The van der Waals surface area contributed by atoms with Gasteiger partial charge in [-0.1, -0.05) is 47.5 Å². The highest BCUT2D eigenvalue weighted by Gasteiger charge is 2.42. The molecule has 2 unspecified atom stereocenters. The molecule has 6 nitrogen and oxygen atoms in total. The summed E-state index contributed by atoms with van der Waals surface area (Å²) in [6.45, 7) is 0. The average Bonchev–Trinajstić information content (AvgIpc) is 3.57. The molecule has 0 radical (unpaired) electrons. The number of nitrogens with zero attached hydrogens (tertiary/aromatic N) is 4. The number of hydrazone groups is 1. The van der Waals surface area contributed by atoms with Gasteiger partial charge in [0.2, 0.25) is 5.13 Å². The lowest BCUT2D eigenvalue weighted by Crippen LogP contribution is -2.28. The Morgan fingerprint density at radius 1 is 0.974 bits per heavy atom. The van der Waals surface area contributed by atoms with Crippen molar-refractivity contribution in [1.82, 2.24) is 4.98 Å². The molecule has 2 atom stereocenters. The van der Waals surface area contributed by atoms with Crippen LogP contribution < -0.4 is 5.01 Å². The number of fused-ring (bicyclic) bond motifs is 1. The van der Waals surface area contributed by atoms with Gasteiger partial charge in [0.05, 0.1) is 22.4 Å². The van der Waals surface area contributed by atoms with E-state index < -0.39 is 4.92 Å². The van der Waals surface area contributed by atoms with E-state index in [2.05, 4.69) is 18.2 Å². The Balaban J connectivity index is 1.39. The summed E-state index contributed by atoms with van der Waals surface area (Å²) < 4.78 is 0. The van der Waals surface area contributed by atoms with E-state index in [0.717, 1.165) is 52.5 Å². The molecule has 1 aliphatic carbocycles. The minimum atomic E-state index is -0.399. The average molecular weight is 561 g/mol. The molecular weight excluding hydrogens is 539 g/mol. The number of nitro groups is 1. The van der Waals surface area contributed by atoms with E-state index in [1.54, 1.807) is 12.1 Å². The Hall–Kier alpha value is -3.52. The number of benzene rings is 3. The fourth-order valence-corrected chi connectivity index (χ4v) is 6.24. The number of hydrogen-bond acceptors (Lipinski definition) is 6. The number of hydrogen-bond donors (Lipinski definition) is 0. The lowest BCUT2D eigenvalue weighted by molar-refractivity contribution is -0.384. The van der Waals surface area contributed by atoms with Crippen LogP contribution >= 0.6 is 34.5 Å². The highest BCUT2D eigenvalue weighted by Crippen LogP contribution is 2.47. The lowest BCUT2D eigenvalue weighted by Gasteiger charge is -2.29. The molecule has 0 saturated heterocycles. The standard InChI is InChI=1S/C29H22Cl2N4O2S/c30-22-10-4-18(5-11-22)16-21-2-1-3-25-27(21)33-34(28(25)20-6-12-23(31)13-7-20)29-32-26(17-38-29)19-8-14-24(15-9-19)35(36)37/h4-17,25,28H,1-3H2. The molecule has 1 aliphatic heterocycles. The molecule has 3 aromatic carbocycles. The van der Waals surface area contributed by atoms with Crippen molar-refractivity contribution in [3.63, 3.8) is 0 Å². The van der Waals surface area contributed by atoms with Crippen LogP contribution in [0.15, 0.2) is 88.9 Å². The molecule has 1 saturated carbocycles. The summed E-state index contributed by atoms with van der Waals surface area (Å²) in [5.41, 5.74) is 6.22. The molecule has 2 heterocycles. The van der Waals surface area contributed by atoms with Crippen molar-refractivity contribution >= 4 is 57.1 Å². The summed E-state index contributed by atoms with van der Waals surface area (Å²) >= 11 is 13.8. The van der Waals surface area contributed by atoms with E-state index in [1.165, 1.54) is 29.0 Å². The topological polar surface area (TPSA) is 71.6 Å². The fraction of sp³-hybridized carbons (Fsp3) is 0.172. The first-order valence-electron chi connectivity index (χ1n) is 12.3. The molecule has 0 spiro atoms. The van der Waals surface area contributed by atoms with Crippen molar-refractivity contribution in [3.05, 3.63) is 115 Å². The Morgan fingerprint density at radius 3 is 2.34 bits per heavy atom. The van der Waals surface area contributed by atoms with Crippen LogP contribution in [0.5, 0.6) is 0 Å². The number of thiazole rings is 1. The van der Waals surface area contributed by atoms with Crippen LogP contribution in [0.3, 0.4) is 0 Å².